The number of esters is 1. The summed E-state index contributed by atoms with van der Waals surface area (Å²) in [6.45, 7) is 7.36. The molecule has 1 aliphatic heterocycles. The summed E-state index contributed by atoms with van der Waals surface area (Å²) >= 11 is 1.18. The fourth-order valence-electron chi connectivity index (χ4n) is 3.04. The van der Waals surface area contributed by atoms with Crippen molar-refractivity contribution in [1.82, 2.24) is 14.5 Å². The third-order valence-corrected chi connectivity index (χ3v) is 7.67. The van der Waals surface area contributed by atoms with Gasteiger partial charge in [0.05, 0.1) is 12.7 Å². The monoisotopic (exact) mass is 429 g/mol. The number of hydrogen-bond donors (Lipinski definition) is 1. The topological polar surface area (TPSA) is 78.9 Å². The van der Waals surface area contributed by atoms with Crippen LogP contribution >= 0.6 is 11.3 Å². The van der Waals surface area contributed by atoms with Crippen LogP contribution in [0.4, 0.5) is 0 Å². The Hall–Kier alpha value is -1.26. The molecule has 0 amide bonds. The number of thiophene rings is 1. The molecule has 0 spiro atoms. The molecule has 2 heterocycles. The lowest BCUT2D eigenvalue weighted by Crippen LogP contribution is -2.32. The van der Waals surface area contributed by atoms with E-state index in [1.165, 1.54) is 18.4 Å². The number of nitrogens with one attached hydrogen (secondary N) is 1. The van der Waals surface area contributed by atoms with Gasteiger partial charge >= 0.3 is 5.97 Å². The minimum absolute atomic E-state index is 0.0719. The number of nitrogens with zero attached hydrogens (tertiary/aromatic N) is 2. The fraction of sp³-hybridized carbons (Fsp3) is 0.632. The molecule has 1 N–H and O–H groups in total. The Morgan fingerprint density at radius 1 is 1.39 bits per heavy atom. The second-order valence-electron chi connectivity index (χ2n) is 7.52. The molecule has 28 heavy (non-hydrogen) atoms. The number of rotatable bonds is 9. The highest BCUT2D eigenvalue weighted by molar-refractivity contribution is 7.91. The molecule has 0 unspecified atom stereocenters. The first-order valence-corrected chi connectivity index (χ1v) is 11.7. The van der Waals surface area contributed by atoms with Gasteiger partial charge in [0.25, 0.3) is 10.0 Å². The maximum Gasteiger partial charge on any atom is 0.340 e. The fourth-order valence-corrected chi connectivity index (χ4v) is 6.03. The lowest BCUT2D eigenvalue weighted by atomic mass is 10.0. The Labute approximate surface area is 172 Å². The number of fused-ring (bicyclic) bond motifs is 1. The molecule has 1 aliphatic rings. The number of hydrogen-bond acceptors (Lipinski definition) is 7. The number of sulfonamides is 1. The molecule has 0 atom stereocenters. The predicted molar refractivity (Wildman–Crippen MR) is 112 cm³/mol. The molecule has 0 fully saturated rings. The Balaban J connectivity index is 2.28. The lowest BCUT2D eigenvalue weighted by Gasteiger charge is -2.25. The van der Waals surface area contributed by atoms with Crippen molar-refractivity contribution in [1.29, 1.82) is 0 Å². The van der Waals surface area contributed by atoms with E-state index in [9.17, 15) is 13.2 Å². The third kappa shape index (κ3) is 5.87. The minimum atomic E-state index is -3.77. The molecular formula is C19H31N3O4S2. The molecule has 9 heteroatoms. The first-order chi connectivity index (χ1) is 13.2. The maximum atomic E-state index is 12.8. The van der Waals surface area contributed by atoms with Crippen LogP contribution in [0.25, 0.3) is 0 Å². The Bertz CT molecular complexity index is 813. The average Bonchev–Trinajstić information content (AvgIpc) is 3.00. The Morgan fingerprint density at radius 3 is 2.71 bits per heavy atom. The zero-order valence-electron chi connectivity index (χ0n) is 17.3. The van der Waals surface area contributed by atoms with Crippen LogP contribution in [-0.4, -0.2) is 71.6 Å². The van der Waals surface area contributed by atoms with Gasteiger partial charge in [0.15, 0.2) is 0 Å². The maximum absolute atomic E-state index is 12.8. The van der Waals surface area contributed by atoms with Crippen LogP contribution in [0.15, 0.2) is 16.4 Å². The molecule has 0 radical (unpaired) electrons. The minimum Gasteiger partial charge on any atom is -0.465 e. The molecule has 0 saturated carbocycles. The van der Waals surface area contributed by atoms with Crippen molar-refractivity contribution in [3.8, 4) is 0 Å². The van der Waals surface area contributed by atoms with Crippen molar-refractivity contribution < 1.29 is 17.9 Å². The van der Waals surface area contributed by atoms with Crippen LogP contribution in [-0.2, 0) is 27.7 Å². The third-order valence-electron chi connectivity index (χ3n) is 4.47. The summed E-state index contributed by atoms with van der Waals surface area (Å²) in [6.07, 6.45) is 4.94. The highest BCUT2D eigenvalue weighted by atomic mass is 32.2. The van der Waals surface area contributed by atoms with E-state index in [4.69, 9.17) is 4.74 Å². The van der Waals surface area contributed by atoms with E-state index in [0.29, 0.717) is 25.4 Å². The van der Waals surface area contributed by atoms with Crippen LogP contribution in [0.1, 0.15) is 34.6 Å². The number of methoxy groups -OCH3 is 1. The normalized spacial score (nSPS) is 15.5. The van der Waals surface area contributed by atoms with E-state index in [1.807, 2.05) is 19.0 Å². The molecular weight excluding hydrogens is 398 g/mol. The number of carbonyl (C=O) groups excluding carboxylic acids is 1. The molecule has 0 aromatic carbocycles. The van der Waals surface area contributed by atoms with Crippen molar-refractivity contribution in [2.45, 2.75) is 31.0 Å². The summed E-state index contributed by atoms with van der Waals surface area (Å²) in [6, 6.07) is 0. The zero-order valence-corrected chi connectivity index (χ0v) is 19.0. The summed E-state index contributed by atoms with van der Waals surface area (Å²) < 4.78 is 33.3. The molecule has 0 aliphatic carbocycles. The standard InChI is InChI=1S/C19H31N3O4S2/c1-14(2)7-6-10-22-11-8-15-16(13-22)27-19(17(15)18(23)26-5)28(24,25)20-9-12-21(3)4/h6-7,14,20H,8-13H2,1-5H3/b7-6+. The van der Waals surface area contributed by atoms with Crippen LogP contribution in [0, 0.1) is 5.92 Å². The van der Waals surface area contributed by atoms with Crippen molar-refractivity contribution in [2.75, 3.05) is 47.4 Å². The quantitative estimate of drug-likeness (QED) is 0.477. The van der Waals surface area contributed by atoms with Gasteiger partial charge in [0.2, 0.25) is 0 Å². The number of ether oxygens (including phenoxy) is 1. The van der Waals surface area contributed by atoms with Crippen LogP contribution in [0.2, 0.25) is 0 Å². The second kappa shape index (κ2) is 9.98. The Kier molecular flexibility index (Phi) is 8.20. The van der Waals surface area contributed by atoms with Gasteiger partial charge in [-0.05, 0) is 32.0 Å². The first-order valence-electron chi connectivity index (χ1n) is 9.42. The van der Waals surface area contributed by atoms with Crippen LogP contribution in [0.3, 0.4) is 0 Å². The van der Waals surface area contributed by atoms with Crippen LogP contribution < -0.4 is 4.72 Å². The molecule has 2 rings (SSSR count). The van der Waals surface area contributed by atoms with Crippen LogP contribution in [0.5, 0.6) is 0 Å². The zero-order chi connectivity index (χ0) is 20.9. The van der Waals surface area contributed by atoms with Gasteiger partial charge in [-0.1, -0.05) is 26.0 Å². The number of likely N-dealkylation sites (N-methyl/N-ethyl adjacent to an activating group) is 1. The number of allylic oxidation sites excluding steroid dienone is 1. The van der Waals surface area contributed by atoms with Gasteiger partial charge in [-0.15, -0.1) is 11.3 Å². The lowest BCUT2D eigenvalue weighted by molar-refractivity contribution is 0.0595. The molecule has 1 aromatic heterocycles. The molecule has 0 saturated heterocycles. The number of carbonyl (C=O) groups is 1. The molecule has 1 aromatic rings. The van der Waals surface area contributed by atoms with Gasteiger partial charge < -0.3 is 9.64 Å². The first kappa shape index (κ1) is 23.0. The SMILES string of the molecule is COC(=O)c1c(S(=O)(=O)NCCN(C)C)sc2c1CCN(C/C=C/C(C)C)C2. The summed E-state index contributed by atoms with van der Waals surface area (Å²) in [4.78, 5) is 17.5. The summed E-state index contributed by atoms with van der Waals surface area (Å²) in [5.74, 6) is -0.0864. The van der Waals surface area contributed by atoms with Gasteiger partial charge in [-0.2, -0.15) is 0 Å². The highest BCUT2D eigenvalue weighted by Crippen LogP contribution is 2.36. The van der Waals surface area contributed by atoms with E-state index in [0.717, 1.165) is 23.5 Å². The second-order valence-corrected chi connectivity index (χ2v) is 10.6. The van der Waals surface area contributed by atoms with Crippen molar-refractivity contribution in [3.05, 3.63) is 28.2 Å². The molecule has 158 valence electrons. The van der Waals surface area contributed by atoms with Gasteiger partial charge in [0, 0.05) is 37.6 Å². The van der Waals surface area contributed by atoms with Gasteiger partial charge in [-0.3, -0.25) is 4.90 Å². The van der Waals surface area contributed by atoms with E-state index >= 15 is 0 Å². The van der Waals surface area contributed by atoms with Crippen molar-refractivity contribution in [3.63, 3.8) is 0 Å². The van der Waals surface area contributed by atoms with E-state index in [1.54, 1.807) is 0 Å². The summed E-state index contributed by atoms with van der Waals surface area (Å²) in [7, 11) is 1.26. The van der Waals surface area contributed by atoms with E-state index in [-0.39, 0.29) is 16.3 Å². The van der Waals surface area contributed by atoms with E-state index < -0.39 is 16.0 Å². The predicted octanol–water partition coefficient (Wildman–Crippen LogP) is 1.94. The van der Waals surface area contributed by atoms with Crippen molar-refractivity contribution in [2.24, 2.45) is 5.92 Å². The van der Waals surface area contributed by atoms with Gasteiger partial charge in [0.1, 0.15) is 4.21 Å². The summed E-state index contributed by atoms with van der Waals surface area (Å²) in [5, 5.41) is 0. The molecule has 7 nitrogen and oxygen atoms in total. The Morgan fingerprint density at radius 2 is 2.11 bits per heavy atom. The smallest absolute Gasteiger partial charge is 0.340 e. The van der Waals surface area contributed by atoms with Crippen molar-refractivity contribution >= 4 is 27.3 Å². The highest BCUT2D eigenvalue weighted by Gasteiger charge is 2.33. The summed E-state index contributed by atoms with van der Waals surface area (Å²) in [5.41, 5.74) is 1.02. The van der Waals surface area contributed by atoms with Gasteiger partial charge in [-0.25, -0.2) is 17.9 Å². The van der Waals surface area contributed by atoms with E-state index in [2.05, 4.69) is 35.6 Å². The largest absolute Gasteiger partial charge is 0.465 e. The average molecular weight is 430 g/mol. The molecule has 0 bridgehead atoms.